The van der Waals surface area contributed by atoms with Crippen LogP contribution >= 0.6 is 23.4 Å². The monoisotopic (exact) mass is 257 g/mol. The lowest BCUT2D eigenvalue weighted by atomic mass is 10.0. The molecule has 2 nitrogen and oxygen atoms in total. The van der Waals surface area contributed by atoms with Gasteiger partial charge in [-0.25, -0.2) is 0 Å². The number of halogens is 1. The van der Waals surface area contributed by atoms with Crippen molar-refractivity contribution >= 4 is 23.4 Å². The zero-order chi connectivity index (χ0) is 11.4. The summed E-state index contributed by atoms with van der Waals surface area (Å²) in [7, 11) is 0. The van der Waals surface area contributed by atoms with E-state index in [2.05, 4.69) is 11.4 Å². The van der Waals surface area contributed by atoms with Gasteiger partial charge in [0.05, 0.1) is 5.02 Å². The van der Waals surface area contributed by atoms with E-state index in [0.29, 0.717) is 6.04 Å². The third-order valence-corrected chi connectivity index (χ3v) is 4.36. The number of aliphatic hydroxyl groups excluding tert-OH is 1. The molecule has 0 aliphatic carbocycles. The Hall–Kier alpha value is -0.220. The summed E-state index contributed by atoms with van der Waals surface area (Å²) in [5.74, 6) is 1.10. The van der Waals surface area contributed by atoms with E-state index in [1.54, 1.807) is 0 Å². The minimum absolute atomic E-state index is 0.247. The quantitative estimate of drug-likeness (QED) is 0.814. The van der Waals surface area contributed by atoms with Crippen molar-refractivity contribution in [1.29, 1.82) is 0 Å². The molecule has 0 fully saturated rings. The first-order valence-corrected chi connectivity index (χ1v) is 6.94. The molecule has 1 aliphatic heterocycles. The Bertz CT molecular complexity index is 359. The minimum atomic E-state index is 0.247. The van der Waals surface area contributed by atoms with E-state index in [1.165, 1.54) is 10.5 Å². The van der Waals surface area contributed by atoms with Gasteiger partial charge < -0.3 is 10.4 Å². The minimum Gasteiger partial charge on any atom is -0.396 e. The van der Waals surface area contributed by atoms with Crippen molar-refractivity contribution in [2.24, 2.45) is 0 Å². The van der Waals surface area contributed by atoms with Crippen molar-refractivity contribution in [3.63, 3.8) is 0 Å². The van der Waals surface area contributed by atoms with Gasteiger partial charge in [0.2, 0.25) is 0 Å². The van der Waals surface area contributed by atoms with E-state index in [-0.39, 0.29) is 6.61 Å². The second-order valence-electron chi connectivity index (χ2n) is 3.88. The number of fused-ring (bicyclic) bond motifs is 1. The Labute approximate surface area is 105 Å². The van der Waals surface area contributed by atoms with Crippen LogP contribution in [-0.4, -0.2) is 24.0 Å². The third-order valence-electron chi connectivity index (χ3n) is 2.75. The first kappa shape index (κ1) is 12.2. The van der Waals surface area contributed by atoms with Crippen LogP contribution in [0.3, 0.4) is 0 Å². The van der Waals surface area contributed by atoms with Crippen LogP contribution in [0.4, 0.5) is 0 Å². The molecule has 0 amide bonds. The van der Waals surface area contributed by atoms with Gasteiger partial charge in [0, 0.05) is 17.5 Å². The average molecular weight is 258 g/mol. The van der Waals surface area contributed by atoms with Gasteiger partial charge in [0.1, 0.15) is 0 Å². The maximum Gasteiger partial charge on any atom is 0.0545 e. The van der Waals surface area contributed by atoms with E-state index in [4.69, 9.17) is 16.7 Å². The number of hydrogen-bond donors (Lipinski definition) is 2. The molecule has 1 unspecified atom stereocenters. The van der Waals surface area contributed by atoms with Gasteiger partial charge in [-0.3, -0.25) is 0 Å². The zero-order valence-electron chi connectivity index (χ0n) is 9.08. The molecular weight excluding hydrogens is 242 g/mol. The highest BCUT2D eigenvalue weighted by Crippen LogP contribution is 2.40. The second kappa shape index (κ2) is 5.92. The second-order valence-corrected chi connectivity index (χ2v) is 5.39. The number of benzene rings is 1. The summed E-state index contributed by atoms with van der Waals surface area (Å²) in [5, 5.41) is 13.1. The number of aliphatic hydroxyl groups is 1. The number of hydrogen-bond acceptors (Lipinski definition) is 3. The van der Waals surface area contributed by atoms with Crippen LogP contribution in [0.5, 0.6) is 0 Å². The summed E-state index contributed by atoms with van der Waals surface area (Å²) >= 11 is 8.02. The van der Waals surface area contributed by atoms with E-state index in [1.807, 2.05) is 23.9 Å². The van der Waals surface area contributed by atoms with Gasteiger partial charge in [0.15, 0.2) is 0 Å². The summed E-state index contributed by atoms with van der Waals surface area (Å²) in [4.78, 5) is 1.22. The Balaban J connectivity index is 2.10. The summed E-state index contributed by atoms with van der Waals surface area (Å²) in [6.45, 7) is 1.11. The summed E-state index contributed by atoms with van der Waals surface area (Å²) in [5.41, 5.74) is 1.31. The lowest BCUT2D eigenvalue weighted by Crippen LogP contribution is -2.26. The fourth-order valence-corrected chi connectivity index (χ4v) is 3.44. The Morgan fingerprint density at radius 1 is 1.50 bits per heavy atom. The smallest absolute Gasteiger partial charge is 0.0545 e. The zero-order valence-corrected chi connectivity index (χ0v) is 10.7. The number of thioether (sulfide) groups is 1. The van der Waals surface area contributed by atoms with E-state index in [9.17, 15) is 0 Å². The molecule has 0 aromatic heterocycles. The molecule has 2 N–H and O–H groups in total. The van der Waals surface area contributed by atoms with Gasteiger partial charge in [-0.2, -0.15) is 0 Å². The summed E-state index contributed by atoms with van der Waals surface area (Å²) < 4.78 is 0. The molecule has 1 aliphatic rings. The van der Waals surface area contributed by atoms with E-state index < -0.39 is 0 Å². The van der Waals surface area contributed by atoms with Gasteiger partial charge in [0.25, 0.3) is 0 Å². The molecule has 1 aromatic rings. The lowest BCUT2D eigenvalue weighted by Gasteiger charge is -2.26. The Kier molecular flexibility index (Phi) is 4.53. The Morgan fingerprint density at radius 2 is 2.38 bits per heavy atom. The predicted molar refractivity (Wildman–Crippen MR) is 69.2 cm³/mol. The van der Waals surface area contributed by atoms with Gasteiger partial charge in [-0.05, 0) is 36.8 Å². The van der Waals surface area contributed by atoms with Crippen molar-refractivity contribution in [3.05, 3.63) is 28.8 Å². The standard InChI is InChI=1S/C12H16ClNOS/c13-10-4-1-3-9-11(14-6-2-7-15)5-8-16-12(9)10/h1,3-4,11,14-15H,2,5-8H2. The van der Waals surface area contributed by atoms with Crippen molar-refractivity contribution in [1.82, 2.24) is 5.32 Å². The van der Waals surface area contributed by atoms with Gasteiger partial charge in [-0.15, -0.1) is 11.8 Å². The molecule has 0 saturated heterocycles. The lowest BCUT2D eigenvalue weighted by molar-refractivity contribution is 0.282. The van der Waals surface area contributed by atoms with E-state index >= 15 is 0 Å². The molecule has 2 rings (SSSR count). The molecule has 0 bridgehead atoms. The highest BCUT2D eigenvalue weighted by Gasteiger charge is 2.21. The topological polar surface area (TPSA) is 32.3 Å². The van der Waals surface area contributed by atoms with Crippen LogP contribution in [0.2, 0.25) is 5.02 Å². The van der Waals surface area contributed by atoms with Crippen molar-refractivity contribution < 1.29 is 5.11 Å². The fraction of sp³-hybridized carbons (Fsp3) is 0.500. The largest absolute Gasteiger partial charge is 0.396 e. The first-order valence-electron chi connectivity index (χ1n) is 5.58. The van der Waals surface area contributed by atoms with Crippen LogP contribution in [0.1, 0.15) is 24.4 Å². The number of nitrogens with one attached hydrogen (secondary N) is 1. The highest BCUT2D eigenvalue weighted by atomic mass is 35.5. The molecule has 88 valence electrons. The average Bonchev–Trinajstić information content (AvgIpc) is 2.31. The van der Waals surface area contributed by atoms with Crippen LogP contribution in [0.25, 0.3) is 0 Å². The molecule has 1 heterocycles. The van der Waals surface area contributed by atoms with Crippen molar-refractivity contribution in [2.75, 3.05) is 18.9 Å². The molecule has 0 radical (unpaired) electrons. The van der Waals surface area contributed by atoms with Crippen LogP contribution in [0, 0.1) is 0 Å². The maximum absolute atomic E-state index is 8.77. The van der Waals surface area contributed by atoms with Crippen molar-refractivity contribution in [2.45, 2.75) is 23.8 Å². The molecule has 0 spiro atoms. The van der Waals surface area contributed by atoms with Gasteiger partial charge in [-0.1, -0.05) is 23.7 Å². The van der Waals surface area contributed by atoms with Crippen molar-refractivity contribution in [3.8, 4) is 0 Å². The summed E-state index contributed by atoms with van der Waals surface area (Å²) in [6.07, 6.45) is 1.93. The van der Waals surface area contributed by atoms with E-state index in [0.717, 1.165) is 30.2 Å². The molecule has 1 atom stereocenters. The normalized spacial score (nSPS) is 19.5. The Morgan fingerprint density at radius 3 is 3.19 bits per heavy atom. The number of rotatable bonds is 4. The first-order chi connectivity index (χ1) is 7.83. The SMILES string of the molecule is OCCCNC1CCSc2c(Cl)cccc21. The molecular formula is C12H16ClNOS. The predicted octanol–water partition coefficient (Wildman–Crippen LogP) is 2.85. The van der Waals surface area contributed by atoms with Crippen LogP contribution < -0.4 is 5.32 Å². The van der Waals surface area contributed by atoms with Gasteiger partial charge >= 0.3 is 0 Å². The molecule has 4 heteroatoms. The van der Waals surface area contributed by atoms with Crippen LogP contribution in [-0.2, 0) is 0 Å². The fourth-order valence-electron chi connectivity index (χ4n) is 1.95. The third kappa shape index (κ3) is 2.72. The summed E-state index contributed by atoms with van der Waals surface area (Å²) in [6, 6.07) is 6.49. The van der Waals surface area contributed by atoms with Crippen LogP contribution in [0.15, 0.2) is 23.1 Å². The maximum atomic E-state index is 8.77. The molecule has 16 heavy (non-hydrogen) atoms. The molecule has 0 saturated carbocycles. The molecule has 1 aromatic carbocycles. The highest BCUT2D eigenvalue weighted by molar-refractivity contribution is 7.99.